The Hall–Kier alpha value is -1.91. The number of hydrogen-bond acceptors (Lipinski definition) is 2. The highest BCUT2D eigenvalue weighted by atomic mass is 19.3. The molecule has 0 saturated carbocycles. The van der Waals surface area contributed by atoms with Crippen LogP contribution in [0.5, 0.6) is 5.75 Å². The van der Waals surface area contributed by atoms with Crippen LogP contribution in [0.15, 0.2) is 24.3 Å². The lowest BCUT2D eigenvalue weighted by Crippen LogP contribution is -2.18. The molecule has 0 aromatic heterocycles. The second kappa shape index (κ2) is 6.14. The highest BCUT2D eigenvalue weighted by molar-refractivity contribution is 5.91. The van der Waals surface area contributed by atoms with Gasteiger partial charge < -0.3 is 9.64 Å². The molecule has 0 aliphatic rings. The zero-order chi connectivity index (χ0) is 13.7. The fraction of sp³-hybridized carbons (Fsp3) is 0.308. The molecule has 1 aromatic carbocycles. The van der Waals surface area contributed by atoms with Crippen LogP contribution in [0.4, 0.5) is 8.78 Å². The van der Waals surface area contributed by atoms with Crippen LogP contribution in [0.1, 0.15) is 17.6 Å². The summed E-state index contributed by atoms with van der Waals surface area (Å²) in [6.45, 7) is 0. The molecule has 1 rings (SSSR count). The SMILES string of the molecule is COc1ccc(/C=C/C(=O)N(C)C)cc1C(F)F. The zero-order valence-corrected chi connectivity index (χ0v) is 10.5. The summed E-state index contributed by atoms with van der Waals surface area (Å²) in [4.78, 5) is 12.7. The Morgan fingerprint density at radius 1 is 1.39 bits per heavy atom. The first-order valence-electron chi connectivity index (χ1n) is 5.31. The highest BCUT2D eigenvalue weighted by Crippen LogP contribution is 2.29. The van der Waals surface area contributed by atoms with Crippen molar-refractivity contribution in [1.82, 2.24) is 4.90 Å². The van der Waals surface area contributed by atoms with Crippen molar-refractivity contribution in [3.63, 3.8) is 0 Å². The van der Waals surface area contributed by atoms with Crippen LogP contribution < -0.4 is 4.74 Å². The summed E-state index contributed by atoms with van der Waals surface area (Å²) >= 11 is 0. The lowest BCUT2D eigenvalue weighted by Gasteiger charge is -2.09. The molecule has 0 aliphatic heterocycles. The summed E-state index contributed by atoms with van der Waals surface area (Å²) in [6.07, 6.45) is 0.211. The molecule has 0 saturated heterocycles. The maximum atomic E-state index is 12.7. The van der Waals surface area contributed by atoms with Gasteiger partial charge in [0.2, 0.25) is 5.91 Å². The van der Waals surface area contributed by atoms with Crippen LogP contribution in [0.2, 0.25) is 0 Å². The smallest absolute Gasteiger partial charge is 0.267 e. The molecule has 0 unspecified atom stereocenters. The number of ether oxygens (including phenoxy) is 1. The Morgan fingerprint density at radius 3 is 2.56 bits per heavy atom. The minimum Gasteiger partial charge on any atom is -0.496 e. The number of alkyl halides is 2. The Morgan fingerprint density at radius 2 is 2.06 bits per heavy atom. The summed E-state index contributed by atoms with van der Waals surface area (Å²) < 4.78 is 30.3. The number of rotatable bonds is 4. The molecule has 0 heterocycles. The van der Waals surface area contributed by atoms with Gasteiger partial charge in [0, 0.05) is 20.2 Å². The van der Waals surface area contributed by atoms with Crippen molar-refractivity contribution in [2.75, 3.05) is 21.2 Å². The number of likely N-dealkylation sites (N-methyl/N-ethyl adjacent to an activating group) is 1. The van der Waals surface area contributed by atoms with E-state index in [4.69, 9.17) is 4.74 Å². The van der Waals surface area contributed by atoms with Gasteiger partial charge in [0.15, 0.2) is 0 Å². The molecule has 5 heteroatoms. The van der Waals surface area contributed by atoms with Gasteiger partial charge in [-0.2, -0.15) is 0 Å². The number of methoxy groups -OCH3 is 1. The maximum Gasteiger partial charge on any atom is 0.267 e. The van der Waals surface area contributed by atoms with E-state index in [1.54, 1.807) is 20.2 Å². The van der Waals surface area contributed by atoms with Crippen molar-refractivity contribution in [3.8, 4) is 5.75 Å². The lowest BCUT2D eigenvalue weighted by molar-refractivity contribution is -0.123. The molecular formula is C13H15F2NO2. The van der Waals surface area contributed by atoms with Crippen LogP contribution in [-0.2, 0) is 4.79 Å². The molecule has 0 aliphatic carbocycles. The van der Waals surface area contributed by atoms with Crippen molar-refractivity contribution in [2.45, 2.75) is 6.43 Å². The van der Waals surface area contributed by atoms with E-state index in [2.05, 4.69) is 0 Å². The Kier molecular flexibility index (Phi) is 4.83. The van der Waals surface area contributed by atoms with E-state index < -0.39 is 6.43 Å². The molecule has 1 amide bonds. The molecule has 0 fully saturated rings. The Labute approximate surface area is 105 Å². The van der Waals surface area contributed by atoms with Gasteiger partial charge in [-0.05, 0) is 23.8 Å². The van der Waals surface area contributed by atoms with E-state index in [-0.39, 0.29) is 17.2 Å². The summed E-state index contributed by atoms with van der Waals surface area (Å²) in [6, 6.07) is 4.38. The molecule has 0 atom stereocenters. The van der Waals surface area contributed by atoms with Crippen LogP contribution in [0, 0.1) is 0 Å². The monoisotopic (exact) mass is 255 g/mol. The van der Waals surface area contributed by atoms with Crippen molar-refractivity contribution < 1.29 is 18.3 Å². The first kappa shape index (κ1) is 14.2. The number of carbonyl (C=O) groups is 1. The van der Waals surface area contributed by atoms with E-state index in [1.165, 1.54) is 36.3 Å². The minimum absolute atomic E-state index is 0.140. The number of benzene rings is 1. The zero-order valence-electron chi connectivity index (χ0n) is 10.5. The lowest BCUT2D eigenvalue weighted by atomic mass is 10.1. The van der Waals surface area contributed by atoms with Crippen molar-refractivity contribution in [2.24, 2.45) is 0 Å². The molecular weight excluding hydrogens is 240 g/mol. The average Bonchev–Trinajstić information content (AvgIpc) is 2.35. The van der Waals surface area contributed by atoms with E-state index >= 15 is 0 Å². The van der Waals surface area contributed by atoms with Gasteiger partial charge in [-0.1, -0.05) is 6.07 Å². The summed E-state index contributed by atoms with van der Waals surface area (Å²) in [5, 5.41) is 0. The largest absolute Gasteiger partial charge is 0.496 e. The highest BCUT2D eigenvalue weighted by Gasteiger charge is 2.13. The third kappa shape index (κ3) is 3.55. The van der Waals surface area contributed by atoms with Crippen molar-refractivity contribution in [3.05, 3.63) is 35.4 Å². The van der Waals surface area contributed by atoms with Crippen LogP contribution in [-0.4, -0.2) is 32.0 Å². The predicted octanol–water partition coefficient (Wildman–Crippen LogP) is 2.73. The van der Waals surface area contributed by atoms with Crippen LogP contribution >= 0.6 is 0 Å². The van der Waals surface area contributed by atoms with Crippen molar-refractivity contribution in [1.29, 1.82) is 0 Å². The van der Waals surface area contributed by atoms with Gasteiger partial charge >= 0.3 is 0 Å². The van der Waals surface area contributed by atoms with Gasteiger partial charge in [-0.3, -0.25) is 4.79 Å². The van der Waals surface area contributed by atoms with E-state index in [1.807, 2.05) is 0 Å². The molecule has 18 heavy (non-hydrogen) atoms. The summed E-state index contributed by atoms with van der Waals surface area (Å²) in [5.74, 6) is -0.0644. The molecule has 3 nitrogen and oxygen atoms in total. The number of nitrogens with zero attached hydrogens (tertiary/aromatic N) is 1. The second-order valence-corrected chi connectivity index (χ2v) is 3.87. The normalized spacial score (nSPS) is 11.0. The number of hydrogen-bond donors (Lipinski definition) is 0. The molecule has 1 aromatic rings. The summed E-state index contributed by atoms with van der Waals surface area (Å²) in [7, 11) is 4.57. The second-order valence-electron chi connectivity index (χ2n) is 3.87. The maximum absolute atomic E-state index is 12.7. The van der Waals surface area contributed by atoms with Gasteiger partial charge in [0.1, 0.15) is 5.75 Å². The van der Waals surface area contributed by atoms with Crippen molar-refractivity contribution >= 4 is 12.0 Å². The molecule has 0 bridgehead atoms. The molecule has 0 radical (unpaired) electrons. The number of amides is 1. The molecule has 0 spiro atoms. The number of halogens is 2. The van der Waals surface area contributed by atoms with Gasteiger partial charge in [0.05, 0.1) is 12.7 Å². The topological polar surface area (TPSA) is 29.5 Å². The predicted molar refractivity (Wildman–Crippen MR) is 65.7 cm³/mol. The molecule has 98 valence electrons. The number of carbonyl (C=O) groups excluding carboxylic acids is 1. The van der Waals surface area contributed by atoms with Gasteiger partial charge in [0.25, 0.3) is 6.43 Å². The van der Waals surface area contributed by atoms with Gasteiger partial charge in [-0.25, -0.2) is 8.78 Å². The molecule has 0 N–H and O–H groups in total. The minimum atomic E-state index is -2.61. The van der Waals surface area contributed by atoms with Gasteiger partial charge in [-0.15, -0.1) is 0 Å². The first-order chi connectivity index (χ1) is 8.45. The first-order valence-corrected chi connectivity index (χ1v) is 5.31. The van der Waals surface area contributed by atoms with Crippen LogP contribution in [0.3, 0.4) is 0 Å². The Bertz CT molecular complexity index is 456. The summed E-state index contributed by atoms with van der Waals surface area (Å²) in [5.41, 5.74) is 0.346. The van der Waals surface area contributed by atoms with E-state index in [9.17, 15) is 13.6 Å². The van der Waals surface area contributed by atoms with Crippen LogP contribution in [0.25, 0.3) is 6.08 Å². The van der Waals surface area contributed by atoms with E-state index in [0.717, 1.165) is 0 Å². The average molecular weight is 255 g/mol. The third-order valence-electron chi connectivity index (χ3n) is 2.35. The fourth-order valence-electron chi connectivity index (χ4n) is 1.34. The Balaban J connectivity index is 2.98. The van der Waals surface area contributed by atoms with E-state index in [0.29, 0.717) is 5.56 Å². The standard InChI is InChI=1S/C13H15F2NO2/c1-16(2)12(17)7-5-9-4-6-11(18-3)10(8-9)13(14)15/h4-8,13H,1-3H3/b7-5+. The quantitative estimate of drug-likeness (QED) is 0.774. The fourth-order valence-corrected chi connectivity index (χ4v) is 1.34. The third-order valence-corrected chi connectivity index (χ3v) is 2.35.